The summed E-state index contributed by atoms with van der Waals surface area (Å²) in [5.41, 5.74) is 0.561. The number of hydrogen-bond donors (Lipinski definition) is 1. The van der Waals surface area contributed by atoms with Gasteiger partial charge in [-0.05, 0) is 37.6 Å². The average Bonchev–Trinajstić information content (AvgIpc) is 2.44. The van der Waals surface area contributed by atoms with Gasteiger partial charge in [-0.3, -0.25) is 4.79 Å². The number of Topliss-reactive ketones (excluding diaryl/α,β-unsaturated/α-hetero) is 1. The quantitative estimate of drug-likeness (QED) is 0.326. The largest absolute Gasteiger partial charge is 0.510 e. The number of aliphatic hydroxyl groups is 1. The molecule has 0 heterocycles. The van der Waals surface area contributed by atoms with Crippen molar-refractivity contribution in [2.24, 2.45) is 10.2 Å². The molecule has 21 heavy (non-hydrogen) atoms. The number of unbranched alkanes of at least 4 members (excludes halogenated alkanes) is 2. The molecule has 0 radical (unpaired) electrons. The topological polar surface area (TPSA) is 71.2 Å². The summed E-state index contributed by atoms with van der Waals surface area (Å²) in [7, 11) is 0. The van der Waals surface area contributed by atoms with Gasteiger partial charge in [0.15, 0.2) is 11.5 Å². The highest BCUT2D eigenvalue weighted by Gasteiger charge is 2.06. The summed E-state index contributed by atoms with van der Waals surface area (Å²) in [6.45, 7) is 5.59. The van der Waals surface area contributed by atoms with Gasteiger partial charge in [0.05, 0.1) is 12.3 Å². The molecular weight excluding hydrogens is 268 g/mol. The van der Waals surface area contributed by atoms with E-state index >= 15 is 0 Å². The summed E-state index contributed by atoms with van der Waals surface area (Å²) < 4.78 is 5.59. The van der Waals surface area contributed by atoms with Gasteiger partial charge in [0, 0.05) is 6.92 Å². The van der Waals surface area contributed by atoms with Crippen LogP contribution in [0.2, 0.25) is 0 Å². The minimum Gasteiger partial charge on any atom is -0.510 e. The number of ketones is 1. The van der Waals surface area contributed by atoms with Gasteiger partial charge in [-0.1, -0.05) is 19.8 Å². The van der Waals surface area contributed by atoms with Crippen LogP contribution in [0, 0.1) is 0 Å². The molecule has 5 heteroatoms. The minimum absolute atomic E-state index is 0.0325. The first-order valence-electron chi connectivity index (χ1n) is 7.10. The Hall–Kier alpha value is -2.17. The van der Waals surface area contributed by atoms with E-state index in [0.29, 0.717) is 12.3 Å². The Kier molecular flexibility index (Phi) is 7.15. The van der Waals surface area contributed by atoms with Crippen molar-refractivity contribution in [1.82, 2.24) is 0 Å². The fourth-order valence-corrected chi connectivity index (χ4v) is 1.66. The van der Waals surface area contributed by atoms with Crippen molar-refractivity contribution in [1.29, 1.82) is 0 Å². The lowest BCUT2D eigenvalue weighted by Gasteiger charge is -2.05. The second kappa shape index (κ2) is 8.89. The number of aliphatic hydroxyl groups excluding tert-OH is 1. The third-order valence-electron chi connectivity index (χ3n) is 2.79. The Morgan fingerprint density at radius 3 is 2.38 bits per heavy atom. The van der Waals surface area contributed by atoms with Crippen molar-refractivity contribution in [2.75, 3.05) is 6.61 Å². The smallest absolute Gasteiger partial charge is 0.183 e. The van der Waals surface area contributed by atoms with E-state index in [2.05, 4.69) is 17.2 Å². The van der Waals surface area contributed by atoms with Gasteiger partial charge < -0.3 is 9.84 Å². The van der Waals surface area contributed by atoms with Gasteiger partial charge in [0.25, 0.3) is 0 Å². The molecule has 1 rings (SSSR count). The number of nitrogens with zero attached hydrogens (tertiary/aromatic N) is 2. The van der Waals surface area contributed by atoms with E-state index in [9.17, 15) is 9.90 Å². The summed E-state index contributed by atoms with van der Waals surface area (Å²) in [5.74, 6) is 0.322. The molecular formula is C16H22N2O3. The van der Waals surface area contributed by atoms with Crippen molar-refractivity contribution >= 4 is 11.5 Å². The van der Waals surface area contributed by atoms with Crippen molar-refractivity contribution in [3.8, 4) is 5.75 Å². The van der Waals surface area contributed by atoms with Crippen LogP contribution in [0.3, 0.4) is 0 Å². The van der Waals surface area contributed by atoms with Gasteiger partial charge in [0.1, 0.15) is 11.5 Å². The predicted molar refractivity (Wildman–Crippen MR) is 82.0 cm³/mol. The Morgan fingerprint density at radius 1 is 1.19 bits per heavy atom. The van der Waals surface area contributed by atoms with Crippen LogP contribution < -0.4 is 4.74 Å². The fourth-order valence-electron chi connectivity index (χ4n) is 1.66. The maximum atomic E-state index is 11.2. The monoisotopic (exact) mass is 290 g/mol. The predicted octanol–water partition coefficient (Wildman–Crippen LogP) is 4.72. The Bertz CT molecular complexity index is 515. The maximum Gasteiger partial charge on any atom is 0.183 e. The average molecular weight is 290 g/mol. The lowest BCUT2D eigenvalue weighted by molar-refractivity contribution is -0.113. The summed E-state index contributed by atoms with van der Waals surface area (Å²) in [6, 6.07) is 7.12. The molecule has 1 aromatic carbocycles. The third kappa shape index (κ3) is 6.21. The summed E-state index contributed by atoms with van der Waals surface area (Å²) in [5, 5.41) is 17.0. The SMILES string of the molecule is CCCCCOc1ccc(N=NC(C(C)=O)=C(C)O)cc1. The van der Waals surface area contributed by atoms with Crippen LogP contribution in [0.1, 0.15) is 40.0 Å². The summed E-state index contributed by atoms with van der Waals surface area (Å²) in [6.07, 6.45) is 3.37. The Labute approximate surface area is 125 Å². The van der Waals surface area contributed by atoms with E-state index in [1.165, 1.54) is 20.3 Å². The number of hydrogen-bond acceptors (Lipinski definition) is 5. The zero-order valence-corrected chi connectivity index (χ0v) is 12.8. The van der Waals surface area contributed by atoms with Crippen molar-refractivity contribution in [3.63, 3.8) is 0 Å². The number of benzene rings is 1. The highest BCUT2D eigenvalue weighted by atomic mass is 16.5. The number of azo groups is 1. The Morgan fingerprint density at radius 2 is 1.86 bits per heavy atom. The van der Waals surface area contributed by atoms with Crippen LogP contribution in [0.5, 0.6) is 5.75 Å². The van der Waals surface area contributed by atoms with E-state index < -0.39 is 0 Å². The molecule has 0 aromatic heterocycles. The summed E-state index contributed by atoms with van der Waals surface area (Å²) >= 11 is 0. The van der Waals surface area contributed by atoms with Crippen molar-refractivity contribution < 1.29 is 14.6 Å². The third-order valence-corrected chi connectivity index (χ3v) is 2.79. The van der Waals surface area contributed by atoms with Gasteiger partial charge >= 0.3 is 0 Å². The highest BCUT2D eigenvalue weighted by Crippen LogP contribution is 2.20. The standard InChI is InChI=1S/C16H22N2O3/c1-4-5-6-11-21-15-9-7-14(8-10-15)17-18-16(12(2)19)13(3)20/h7-10,19H,4-6,11H2,1-3H3. The van der Waals surface area contributed by atoms with Gasteiger partial charge in [-0.15, -0.1) is 5.11 Å². The first-order valence-corrected chi connectivity index (χ1v) is 7.10. The van der Waals surface area contributed by atoms with Crippen LogP contribution in [-0.4, -0.2) is 17.5 Å². The first-order chi connectivity index (χ1) is 10.0. The maximum absolute atomic E-state index is 11.2. The lowest BCUT2D eigenvalue weighted by Crippen LogP contribution is -1.96. The van der Waals surface area contributed by atoms with Crippen molar-refractivity contribution in [3.05, 3.63) is 35.7 Å². The van der Waals surface area contributed by atoms with Crippen molar-refractivity contribution in [2.45, 2.75) is 40.0 Å². The minimum atomic E-state index is -0.324. The molecule has 0 bridgehead atoms. The van der Waals surface area contributed by atoms with E-state index in [1.54, 1.807) is 12.1 Å². The molecule has 0 saturated carbocycles. The van der Waals surface area contributed by atoms with Crippen LogP contribution in [-0.2, 0) is 4.79 Å². The molecule has 0 amide bonds. The molecule has 0 atom stereocenters. The Balaban J connectivity index is 2.62. The number of carbonyl (C=O) groups excluding carboxylic acids is 1. The van der Waals surface area contributed by atoms with Crippen LogP contribution in [0.25, 0.3) is 0 Å². The van der Waals surface area contributed by atoms with E-state index in [1.807, 2.05) is 12.1 Å². The molecule has 0 spiro atoms. The molecule has 1 aromatic rings. The van der Waals surface area contributed by atoms with Crippen LogP contribution in [0.4, 0.5) is 5.69 Å². The number of carbonyl (C=O) groups is 1. The molecule has 5 nitrogen and oxygen atoms in total. The molecule has 0 saturated heterocycles. The van der Waals surface area contributed by atoms with Crippen LogP contribution >= 0.6 is 0 Å². The first kappa shape index (κ1) is 16.9. The normalized spacial score (nSPS) is 12.3. The zero-order chi connectivity index (χ0) is 15.7. The molecule has 0 unspecified atom stereocenters. The van der Waals surface area contributed by atoms with Crippen LogP contribution in [0.15, 0.2) is 46.0 Å². The number of ether oxygens (including phenoxy) is 1. The van der Waals surface area contributed by atoms with Gasteiger partial charge in [-0.2, -0.15) is 5.11 Å². The lowest BCUT2D eigenvalue weighted by atomic mass is 10.2. The highest BCUT2D eigenvalue weighted by molar-refractivity contribution is 5.93. The molecule has 0 fully saturated rings. The zero-order valence-electron chi connectivity index (χ0n) is 12.8. The summed E-state index contributed by atoms with van der Waals surface area (Å²) in [4.78, 5) is 11.2. The molecule has 1 N–H and O–H groups in total. The van der Waals surface area contributed by atoms with Gasteiger partial charge in [0.2, 0.25) is 0 Å². The molecule has 0 aliphatic carbocycles. The van der Waals surface area contributed by atoms with E-state index in [-0.39, 0.29) is 17.2 Å². The molecule has 114 valence electrons. The molecule has 0 aliphatic rings. The number of rotatable bonds is 8. The van der Waals surface area contributed by atoms with Gasteiger partial charge in [-0.25, -0.2) is 0 Å². The fraction of sp³-hybridized carbons (Fsp3) is 0.438. The van der Waals surface area contributed by atoms with E-state index in [0.717, 1.165) is 18.6 Å². The second-order valence-electron chi connectivity index (χ2n) is 4.74. The second-order valence-corrected chi connectivity index (χ2v) is 4.74. The number of allylic oxidation sites excluding steroid dienone is 2. The van der Waals surface area contributed by atoms with E-state index in [4.69, 9.17) is 4.74 Å². The molecule has 0 aliphatic heterocycles.